The van der Waals surface area contributed by atoms with Crippen molar-refractivity contribution in [3.05, 3.63) is 59.9 Å². The van der Waals surface area contributed by atoms with Gasteiger partial charge in [0.15, 0.2) is 5.78 Å². The highest BCUT2D eigenvalue weighted by Crippen LogP contribution is 2.57. The van der Waals surface area contributed by atoms with Gasteiger partial charge in [-0.1, -0.05) is 56.7 Å². The normalized spacial score (nSPS) is 44.3. The summed E-state index contributed by atoms with van der Waals surface area (Å²) in [6, 6.07) is -1.19. The Kier molecular flexibility index (Phi) is 8.49. The topological polar surface area (TPSA) is 136 Å². The van der Waals surface area contributed by atoms with Gasteiger partial charge in [0, 0.05) is 12.6 Å². The van der Waals surface area contributed by atoms with Gasteiger partial charge in [-0.2, -0.15) is 0 Å². The van der Waals surface area contributed by atoms with Crippen molar-refractivity contribution in [1.29, 1.82) is 0 Å². The molecule has 0 aromatic carbocycles. The van der Waals surface area contributed by atoms with E-state index in [1.165, 1.54) is 24.6 Å². The van der Waals surface area contributed by atoms with Crippen molar-refractivity contribution in [3.63, 3.8) is 0 Å². The second-order valence-corrected chi connectivity index (χ2v) is 10.8. The van der Waals surface area contributed by atoms with Crippen molar-refractivity contribution in [3.8, 4) is 0 Å². The van der Waals surface area contributed by atoms with Gasteiger partial charge in [-0.15, -0.1) is 0 Å². The number of fused-ring (bicyclic) bond motifs is 5. The van der Waals surface area contributed by atoms with Crippen molar-refractivity contribution < 1.29 is 29.7 Å². The molecule has 0 aromatic rings. The van der Waals surface area contributed by atoms with E-state index in [2.05, 4.69) is 30.6 Å². The Hall–Kier alpha value is -2.97. The third-order valence-electron chi connectivity index (χ3n) is 8.75. The van der Waals surface area contributed by atoms with E-state index in [-0.39, 0.29) is 30.7 Å². The Balaban J connectivity index is 1.62. The summed E-state index contributed by atoms with van der Waals surface area (Å²) in [5.74, 6) is 0.00864. The number of carbonyl (C=O) groups excluding carboxylic acids is 3. The number of aliphatic hydroxyl groups is 3. The monoisotopic (exact) mass is 510 g/mol. The number of hydrogen-bond acceptors (Lipinski definition) is 6. The van der Waals surface area contributed by atoms with Gasteiger partial charge in [0.2, 0.25) is 5.91 Å². The van der Waals surface area contributed by atoms with Gasteiger partial charge in [0.1, 0.15) is 17.4 Å². The molecule has 200 valence electrons. The molecule has 3 fully saturated rings. The SMILES string of the molecule is CC[C@H]1C[C@@H]2C[C@H]3/C=C/C=C/C(=O)NCC[C@H](O)[C@@H]4NC(=O)/C(=C(O)/C=C/C=C/[C@H](O)[C@H]3[C@@H]2[C@H]1C)C4=O. The van der Waals surface area contributed by atoms with E-state index in [1.807, 2.05) is 6.08 Å². The van der Waals surface area contributed by atoms with Crippen LogP contribution in [0.3, 0.4) is 0 Å². The van der Waals surface area contributed by atoms with Crippen LogP contribution in [0.5, 0.6) is 0 Å². The lowest BCUT2D eigenvalue weighted by molar-refractivity contribution is -0.118. The van der Waals surface area contributed by atoms with Gasteiger partial charge in [-0.05, 0) is 60.8 Å². The second-order valence-electron chi connectivity index (χ2n) is 10.8. The van der Waals surface area contributed by atoms with E-state index in [1.54, 1.807) is 18.2 Å². The van der Waals surface area contributed by atoms with E-state index < -0.39 is 41.3 Å². The molecular formula is C29H38N2O6. The lowest BCUT2D eigenvalue weighted by Crippen LogP contribution is -2.42. The minimum absolute atomic E-state index is 0.0293. The minimum atomic E-state index is -1.22. The molecule has 0 aromatic heterocycles. The van der Waals surface area contributed by atoms with Crippen LogP contribution in [0, 0.1) is 35.5 Å². The fourth-order valence-corrected chi connectivity index (χ4v) is 6.96. The summed E-state index contributed by atoms with van der Waals surface area (Å²) >= 11 is 0. The van der Waals surface area contributed by atoms with Gasteiger partial charge in [-0.25, -0.2) is 0 Å². The Morgan fingerprint density at radius 1 is 0.973 bits per heavy atom. The summed E-state index contributed by atoms with van der Waals surface area (Å²) in [4.78, 5) is 37.2. The number of nitrogens with one attached hydrogen (secondary N) is 2. The van der Waals surface area contributed by atoms with Crippen LogP contribution in [0.1, 0.15) is 39.5 Å². The largest absolute Gasteiger partial charge is 0.507 e. The van der Waals surface area contributed by atoms with Crippen LogP contribution in [0.2, 0.25) is 0 Å². The van der Waals surface area contributed by atoms with Crippen molar-refractivity contribution in [1.82, 2.24) is 10.6 Å². The Morgan fingerprint density at radius 3 is 2.46 bits per heavy atom. The zero-order valence-corrected chi connectivity index (χ0v) is 21.4. The van der Waals surface area contributed by atoms with Crippen molar-refractivity contribution >= 4 is 17.6 Å². The zero-order valence-electron chi connectivity index (χ0n) is 21.4. The van der Waals surface area contributed by atoms with Gasteiger partial charge in [0.25, 0.3) is 5.91 Å². The number of ketones is 1. The first-order chi connectivity index (χ1) is 17.7. The zero-order chi connectivity index (χ0) is 26.7. The molecule has 2 bridgehead atoms. The Morgan fingerprint density at radius 2 is 1.70 bits per heavy atom. The third-order valence-corrected chi connectivity index (χ3v) is 8.75. The molecule has 8 heteroatoms. The Bertz CT molecular complexity index is 1060. The predicted molar refractivity (Wildman–Crippen MR) is 139 cm³/mol. The molecule has 0 spiro atoms. The maximum absolute atomic E-state index is 12.7. The molecule has 37 heavy (non-hydrogen) atoms. The number of Topliss-reactive ketones (excluding diaryl/α,β-unsaturated/α-hetero) is 1. The van der Waals surface area contributed by atoms with E-state index in [9.17, 15) is 29.7 Å². The molecule has 9 atom stereocenters. The highest BCUT2D eigenvalue weighted by atomic mass is 16.3. The molecule has 2 saturated carbocycles. The van der Waals surface area contributed by atoms with Crippen molar-refractivity contribution in [2.45, 2.75) is 57.8 Å². The molecule has 2 aliphatic carbocycles. The molecular weight excluding hydrogens is 472 g/mol. The van der Waals surface area contributed by atoms with Crippen LogP contribution in [-0.4, -0.2) is 57.7 Å². The van der Waals surface area contributed by atoms with E-state index in [4.69, 9.17) is 0 Å². The number of amides is 2. The number of aliphatic hydroxyl groups excluding tert-OH is 3. The molecule has 5 N–H and O–H groups in total. The minimum Gasteiger partial charge on any atom is -0.507 e. The molecule has 8 nitrogen and oxygen atoms in total. The van der Waals surface area contributed by atoms with Crippen molar-refractivity contribution in [2.75, 3.05) is 6.54 Å². The number of allylic oxidation sites excluding steroid dienone is 6. The van der Waals surface area contributed by atoms with Crippen LogP contribution in [0.25, 0.3) is 0 Å². The summed E-state index contributed by atoms with van der Waals surface area (Å²) in [7, 11) is 0. The van der Waals surface area contributed by atoms with Gasteiger partial charge >= 0.3 is 0 Å². The first-order valence-electron chi connectivity index (χ1n) is 13.3. The lowest BCUT2D eigenvalue weighted by atomic mass is 9.76. The maximum atomic E-state index is 12.7. The summed E-state index contributed by atoms with van der Waals surface area (Å²) < 4.78 is 0. The maximum Gasteiger partial charge on any atom is 0.259 e. The molecule has 2 heterocycles. The van der Waals surface area contributed by atoms with E-state index in [0.29, 0.717) is 23.7 Å². The van der Waals surface area contributed by atoms with Gasteiger partial charge in [-0.3, -0.25) is 14.4 Å². The first-order valence-corrected chi connectivity index (χ1v) is 13.3. The number of carbonyl (C=O) groups is 3. The predicted octanol–water partition coefficient (Wildman–Crippen LogP) is 2.27. The Labute approximate surface area is 217 Å². The molecule has 2 amide bonds. The average Bonchev–Trinajstić information content (AvgIpc) is 3.48. The fraction of sp³-hybridized carbons (Fsp3) is 0.552. The molecule has 1 saturated heterocycles. The quantitative estimate of drug-likeness (QED) is 0.344. The van der Waals surface area contributed by atoms with Gasteiger partial charge in [0.05, 0.1) is 12.2 Å². The highest BCUT2D eigenvalue weighted by molar-refractivity contribution is 6.27. The summed E-state index contributed by atoms with van der Waals surface area (Å²) in [6.07, 6.45) is 14.5. The fourth-order valence-electron chi connectivity index (χ4n) is 6.96. The van der Waals surface area contributed by atoms with Crippen molar-refractivity contribution in [2.24, 2.45) is 35.5 Å². The van der Waals surface area contributed by atoms with Crippen LogP contribution in [0.15, 0.2) is 59.9 Å². The first kappa shape index (κ1) is 27.1. The van der Waals surface area contributed by atoms with E-state index in [0.717, 1.165) is 12.8 Å². The smallest absolute Gasteiger partial charge is 0.259 e. The molecule has 0 radical (unpaired) electrons. The number of rotatable bonds is 1. The van der Waals surface area contributed by atoms with E-state index >= 15 is 0 Å². The average molecular weight is 511 g/mol. The van der Waals surface area contributed by atoms with Crippen LogP contribution in [0.4, 0.5) is 0 Å². The molecule has 4 rings (SSSR count). The summed E-state index contributed by atoms with van der Waals surface area (Å²) in [5.41, 5.74) is -0.412. The molecule has 4 aliphatic rings. The third kappa shape index (κ3) is 5.65. The standard InChI is InChI=1S/C29H38N2O6/c1-3-17-14-19-15-18-8-4-7-11-23(35)30-13-12-22(34)27-28(36)26(29(37)31-27)21(33)10-6-5-9-20(32)25(18)24(19)16(17)2/h4-11,16-20,22,24-25,27,32-34H,3,12-15H2,1-2H3,(H,30,35)(H,31,37)/b8-4+,9-5+,10-6+,11-7+,26-21-/t16-,17-,18+,19+,20-,22-,24+,25-,27-/m0/s1. The van der Waals surface area contributed by atoms with Gasteiger partial charge < -0.3 is 26.0 Å². The second kappa shape index (κ2) is 11.6. The summed E-state index contributed by atoms with van der Waals surface area (Å²) in [5, 5.41) is 37.1. The molecule has 2 aliphatic heterocycles. The lowest BCUT2D eigenvalue weighted by Gasteiger charge is -2.30. The molecule has 0 unspecified atom stereocenters. The van der Waals surface area contributed by atoms with Crippen LogP contribution < -0.4 is 10.6 Å². The highest BCUT2D eigenvalue weighted by Gasteiger charge is 2.52. The number of hydrogen-bond donors (Lipinski definition) is 5. The summed E-state index contributed by atoms with van der Waals surface area (Å²) in [6.45, 7) is 4.63. The van der Waals surface area contributed by atoms with Crippen LogP contribution in [-0.2, 0) is 14.4 Å². The van der Waals surface area contributed by atoms with Crippen LogP contribution >= 0.6 is 0 Å².